The second-order valence-corrected chi connectivity index (χ2v) is 7.26. The molecule has 0 aliphatic heterocycles. The van der Waals surface area contributed by atoms with Gasteiger partial charge in [0.05, 0.1) is 10.5 Å². The van der Waals surface area contributed by atoms with Crippen molar-refractivity contribution in [2.45, 2.75) is 33.7 Å². The maximum atomic E-state index is 12.4. The molecule has 21 heavy (non-hydrogen) atoms. The summed E-state index contributed by atoms with van der Waals surface area (Å²) in [5, 5.41) is 4.50. The van der Waals surface area contributed by atoms with Gasteiger partial charge < -0.3 is 5.32 Å². The number of nitrogens with one attached hydrogen (secondary N) is 1. The van der Waals surface area contributed by atoms with E-state index < -0.39 is 0 Å². The van der Waals surface area contributed by atoms with E-state index in [-0.39, 0.29) is 22.8 Å². The van der Waals surface area contributed by atoms with Crippen LogP contribution in [0.2, 0.25) is 5.02 Å². The smallest absolute Gasteiger partial charge is 0.270 e. The molecule has 1 fully saturated rings. The van der Waals surface area contributed by atoms with Gasteiger partial charge in [0.2, 0.25) is 0 Å². The zero-order valence-electron chi connectivity index (χ0n) is 12.7. The highest BCUT2D eigenvalue weighted by Crippen LogP contribution is 2.62. The minimum absolute atomic E-state index is 0.100. The van der Waals surface area contributed by atoms with Crippen molar-refractivity contribution < 1.29 is 4.79 Å². The molecule has 1 N–H and O–H groups in total. The summed E-state index contributed by atoms with van der Waals surface area (Å²) in [5.74, 6) is -0.161. The van der Waals surface area contributed by atoms with Crippen molar-refractivity contribution >= 4 is 28.4 Å². The lowest BCUT2D eigenvalue weighted by molar-refractivity contribution is 0.0939. The van der Waals surface area contributed by atoms with Crippen LogP contribution in [0.25, 0.3) is 10.9 Å². The average molecular weight is 303 g/mol. The van der Waals surface area contributed by atoms with Crippen LogP contribution in [0.3, 0.4) is 0 Å². The van der Waals surface area contributed by atoms with E-state index in [2.05, 4.69) is 38.0 Å². The molecule has 1 amide bonds. The molecule has 1 aliphatic carbocycles. The lowest BCUT2D eigenvalue weighted by Crippen LogP contribution is -2.30. The van der Waals surface area contributed by atoms with Crippen LogP contribution in [0.5, 0.6) is 0 Å². The van der Waals surface area contributed by atoms with Crippen molar-refractivity contribution in [1.29, 1.82) is 0 Å². The summed E-state index contributed by atoms with van der Waals surface area (Å²) in [4.78, 5) is 16.9. The van der Waals surface area contributed by atoms with Crippen LogP contribution >= 0.6 is 11.6 Å². The summed E-state index contributed by atoms with van der Waals surface area (Å²) in [5.41, 5.74) is 1.31. The number of carbonyl (C=O) groups excluding carboxylic acids is 1. The molecule has 110 valence electrons. The van der Waals surface area contributed by atoms with Crippen LogP contribution in [-0.2, 0) is 0 Å². The Morgan fingerprint density at radius 3 is 2.43 bits per heavy atom. The summed E-state index contributed by atoms with van der Waals surface area (Å²) in [6, 6.07) is 9.36. The molecule has 3 rings (SSSR count). The topological polar surface area (TPSA) is 42.0 Å². The Hall–Kier alpha value is -1.61. The molecule has 0 atom stereocenters. The Kier molecular flexibility index (Phi) is 3.03. The van der Waals surface area contributed by atoms with Gasteiger partial charge in [-0.05, 0) is 23.0 Å². The van der Waals surface area contributed by atoms with Crippen molar-refractivity contribution in [3.8, 4) is 0 Å². The molecular formula is C17H19ClN2O. The second-order valence-electron chi connectivity index (χ2n) is 6.86. The Labute approximate surface area is 129 Å². The summed E-state index contributed by atoms with van der Waals surface area (Å²) in [6.45, 7) is 8.66. The molecular weight excluding hydrogens is 284 g/mol. The number of fused-ring (bicyclic) bond motifs is 1. The third-order valence-corrected chi connectivity index (χ3v) is 5.51. The average Bonchev–Trinajstić information content (AvgIpc) is 2.81. The maximum Gasteiger partial charge on any atom is 0.270 e. The third kappa shape index (κ3) is 2.11. The normalized spacial score (nSPS) is 19.5. The number of pyridine rings is 1. The molecule has 0 bridgehead atoms. The van der Waals surface area contributed by atoms with Gasteiger partial charge in [-0.1, -0.05) is 57.5 Å². The number of para-hydroxylation sites is 1. The van der Waals surface area contributed by atoms with E-state index >= 15 is 0 Å². The molecule has 1 saturated carbocycles. The van der Waals surface area contributed by atoms with Crippen molar-refractivity contribution in [1.82, 2.24) is 10.3 Å². The lowest BCUT2D eigenvalue weighted by Gasteiger charge is -2.08. The highest BCUT2D eigenvalue weighted by Gasteiger charge is 2.65. The van der Waals surface area contributed by atoms with Crippen molar-refractivity contribution in [3.63, 3.8) is 0 Å². The number of carbonyl (C=O) groups is 1. The minimum Gasteiger partial charge on any atom is -0.347 e. The first kappa shape index (κ1) is 14.3. The first-order chi connectivity index (χ1) is 9.75. The highest BCUT2D eigenvalue weighted by atomic mass is 35.5. The van der Waals surface area contributed by atoms with Gasteiger partial charge >= 0.3 is 0 Å². The third-order valence-electron chi connectivity index (χ3n) is 5.19. The van der Waals surface area contributed by atoms with E-state index in [1.54, 1.807) is 6.07 Å². The molecule has 0 radical (unpaired) electrons. The number of rotatable bonds is 2. The predicted octanol–water partition coefficient (Wildman–Crippen LogP) is 4.05. The summed E-state index contributed by atoms with van der Waals surface area (Å²) < 4.78 is 0. The standard InChI is InChI=1S/C17H19ClN2O/c1-16(2)15(17(16,3)4)20-14(21)13-9-11(18)10-7-5-6-8-12(10)19-13/h5-9,15H,1-4H3,(H,20,21). The predicted molar refractivity (Wildman–Crippen MR) is 85.6 cm³/mol. The van der Waals surface area contributed by atoms with Gasteiger partial charge in [-0.25, -0.2) is 4.98 Å². The van der Waals surface area contributed by atoms with E-state index in [9.17, 15) is 4.79 Å². The van der Waals surface area contributed by atoms with Crippen LogP contribution in [0.15, 0.2) is 30.3 Å². The largest absolute Gasteiger partial charge is 0.347 e. The van der Waals surface area contributed by atoms with E-state index in [0.717, 1.165) is 10.9 Å². The number of aromatic nitrogens is 1. The van der Waals surface area contributed by atoms with Crippen molar-refractivity contribution in [3.05, 3.63) is 41.0 Å². The van der Waals surface area contributed by atoms with E-state index in [1.807, 2.05) is 24.3 Å². The highest BCUT2D eigenvalue weighted by molar-refractivity contribution is 6.35. The Balaban J connectivity index is 1.90. The zero-order chi connectivity index (χ0) is 15.4. The van der Waals surface area contributed by atoms with Crippen molar-refractivity contribution in [2.75, 3.05) is 0 Å². The SMILES string of the molecule is CC1(C)C(NC(=O)c2cc(Cl)c3ccccc3n2)C1(C)C. The quantitative estimate of drug-likeness (QED) is 0.909. The molecule has 3 nitrogen and oxygen atoms in total. The maximum absolute atomic E-state index is 12.4. The number of nitrogens with zero attached hydrogens (tertiary/aromatic N) is 1. The molecule has 4 heteroatoms. The Bertz CT molecular complexity index is 723. The van der Waals surface area contributed by atoms with Gasteiger partial charge in [0.25, 0.3) is 5.91 Å². The van der Waals surface area contributed by atoms with Crippen LogP contribution < -0.4 is 5.32 Å². The summed E-state index contributed by atoms with van der Waals surface area (Å²) >= 11 is 6.25. The molecule has 1 aliphatic rings. The monoisotopic (exact) mass is 302 g/mol. The van der Waals surface area contributed by atoms with Gasteiger partial charge in [-0.15, -0.1) is 0 Å². The number of halogens is 1. The second kappa shape index (κ2) is 4.44. The fourth-order valence-corrected chi connectivity index (χ4v) is 3.27. The molecule has 1 aromatic carbocycles. The number of amides is 1. The lowest BCUT2D eigenvalue weighted by atomic mass is 10.0. The molecule has 0 saturated heterocycles. The van der Waals surface area contributed by atoms with Crippen LogP contribution in [0, 0.1) is 10.8 Å². The number of hydrogen-bond donors (Lipinski definition) is 1. The van der Waals surface area contributed by atoms with Gasteiger partial charge in [0.1, 0.15) is 5.69 Å². The molecule has 2 aromatic rings. The van der Waals surface area contributed by atoms with Crippen LogP contribution in [0.1, 0.15) is 38.2 Å². The molecule has 1 heterocycles. The first-order valence-corrected chi connectivity index (χ1v) is 7.49. The van der Waals surface area contributed by atoms with E-state index in [0.29, 0.717) is 10.7 Å². The van der Waals surface area contributed by atoms with Crippen molar-refractivity contribution in [2.24, 2.45) is 10.8 Å². The van der Waals surface area contributed by atoms with Gasteiger partial charge in [-0.2, -0.15) is 0 Å². The zero-order valence-corrected chi connectivity index (χ0v) is 13.5. The minimum atomic E-state index is -0.161. The summed E-state index contributed by atoms with van der Waals surface area (Å²) in [6.07, 6.45) is 0. The fourth-order valence-electron chi connectivity index (χ4n) is 3.01. The van der Waals surface area contributed by atoms with Crippen LogP contribution in [0.4, 0.5) is 0 Å². The summed E-state index contributed by atoms with van der Waals surface area (Å²) in [7, 11) is 0. The first-order valence-electron chi connectivity index (χ1n) is 7.11. The fraction of sp³-hybridized carbons (Fsp3) is 0.412. The molecule has 1 aromatic heterocycles. The van der Waals surface area contributed by atoms with Gasteiger partial charge in [0.15, 0.2) is 0 Å². The Morgan fingerprint density at radius 1 is 1.19 bits per heavy atom. The number of hydrogen-bond acceptors (Lipinski definition) is 2. The van der Waals surface area contributed by atoms with Gasteiger partial charge in [0, 0.05) is 11.4 Å². The van der Waals surface area contributed by atoms with E-state index in [4.69, 9.17) is 11.6 Å². The molecule has 0 unspecified atom stereocenters. The van der Waals surface area contributed by atoms with Gasteiger partial charge in [-0.3, -0.25) is 4.79 Å². The number of benzene rings is 1. The Morgan fingerprint density at radius 2 is 1.81 bits per heavy atom. The van der Waals surface area contributed by atoms with Crippen LogP contribution in [-0.4, -0.2) is 16.9 Å². The van der Waals surface area contributed by atoms with E-state index in [1.165, 1.54) is 0 Å². The molecule has 0 spiro atoms.